The lowest BCUT2D eigenvalue weighted by Gasteiger charge is -2.14. The molecule has 4 rings (SSSR count). The standard InChI is InChI=1S/C27H29NO6S/c1-20-11-13-21(14-12-20)35(30,31)34-18-17-32-16-6-15-28-27(29)33-19-26-24-9-4-2-7-22(24)23-8-3-5-10-25(23)26/h2-5,7-14,26H,6,15-19H2,1H3,(H,28,29). The number of carbonyl (C=O) groups is 1. The molecule has 0 aromatic heterocycles. The second-order valence-corrected chi connectivity index (χ2v) is 9.92. The van der Waals surface area contributed by atoms with Crippen molar-refractivity contribution < 1.29 is 26.9 Å². The molecule has 0 saturated heterocycles. The molecule has 184 valence electrons. The lowest BCUT2D eigenvalue weighted by molar-refractivity contribution is 0.0989. The largest absolute Gasteiger partial charge is 0.449 e. The van der Waals surface area contributed by atoms with Crippen LogP contribution >= 0.6 is 0 Å². The Morgan fingerprint density at radius 1 is 0.857 bits per heavy atom. The molecule has 1 aliphatic rings. The van der Waals surface area contributed by atoms with Crippen LogP contribution in [-0.4, -0.2) is 47.5 Å². The summed E-state index contributed by atoms with van der Waals surface area (Å²) in [5, 5.41) is 2.73. The second-order valence-electron chi connectivity index (χ2n) is 8.31. The maximum Gasteiger partial charge on any atom is 0.407 e. The van der Waals surface area contributed by atoms with Gasteiger partial charge in [-0.1, -0.05) is 66.2 Å². The summed E-state index contributed by atoms with van der Waals surface area (Å²) in [6, 6.07) is 22.8. The van der Waals surface area contributed by atoms with E-state index in [2.05, 4.69) is 29.6 Å². The van der Waals surface area contributed by atoms with Gasteiger partial charge in [-0.15, -0.1) is 0 Å². The van der Waals surface area contributed by atoms with E-state index in [9.17, 15) is 13.2 Å². The highest BCUT2D eigenvalue weighted by Gasteiger charge is 2.28. The van der Waals surface area contributed by atoms with E-state index in [1.54, 1.807) is 12.1 Å². The third kappa shape index (κ3) is 6.28. The van der Waals surface area contributed by atoms with Gasteiger partial charge in [0.05, 0.1) is 18.1 Å². The van der Waals surface area contributed by atoms with Crippen molar-refractivity contribution in [2.45, 2.75) is 24.2 Å². The van der Waals surface area contributed by atoms with Crippen molar-refractivity contribution in [3.05, 3.63) is 89.5 Å². The molecule has 0 spiro atoms. The molecule has 0 atom stereocenters. The van der Waals surface area contributed by atoms with Gasteiger partial charge in [0.1, 0.15) is 6.61 Å². The Hall–Kier alpha value is -3.20. The van der Waals surface area contributed by atoms with Crippen LogP contribution in [0.25, 0.3) is 11.1 Å². The lowest BCUT2D eigenvalue weighted by atomic mass is 9.98. The number of benzene rings is 3. The number of hydrogen-bond donors (Lipinski definition) is 1. The Labute approximate surface area is 206 Å². The van der Waals surface area contributed by atoms with Crippen LogP contribution in [0.3, 0.4) is 0 Å². The summed E-state index contributed by atoms with van der Waals surface area (Å²) in [7, 11) is -3.79. The molecule has 0 fully saturated rings. The summed E-state index contributed by atoms with van der Waals surface area (Å²) in [5.41, 5.74) is 5.68. The molecule has 8 heteroatoms. The SMILES string of the molecule is Cc1ccc(S(=O)(=O)OCCOCCCNC(=O)OCC2c3ccccc3-c3ccccc32)cc1. The molecule has 1 amide bonds. The van der Waals surface area contributed by atoms with Gasteiger partial charge in [0.2, 0.25) is 0 Å². The number of rotatable bonds is 11. The summed E-state index contributed by atoms with van der Waals surface area (Å²) >= 11 is 0. The van der Waals surface area contributed by atoms with Crippen LogP contribution in [0.15, 0.2) is 77.7 Å². The molecule has 0 aliphatic heterocycles. The fourth-order valence-corrected chi connectivity index (χ4v) is 4.98. The van der Waals surface area contributed by atoms with E-state index >= 15 is 0 Å². The van der Waals surface area contributed by atoms with Crippen molar-refractivity contribution >= 4 is 16.2 Å². The van der Waals surface area contributed by atoms with Crippen LogP contribution in [0.5, 0.6) is 0 Å². The topological polar surface area (TPSA) is 90.9 Å². The maximum absolute atomic E-state index is 12.2. The number of aryl methyl sites for hydroxylation is 1. The van der Waals surface area contributed by atoms with E-state index in [4.69, 9.17) is 13.7 Å². The van der Waals surface area contributed by atoms with Crippen LogP contribution in [0.1, 0.15) is 29.0 Å². The van der Waals surface area contributed by atoms with Gasteiger partial charge in [-0.2, -0.15) is 8.42 Å². The zero-order valence-electron chi connectivity index (χ0n) is 19.6. The molecule has 0 saturated carbocycles. The number of amides is 1. The Kier molecular flexibility index (Phi) is 8.17. The minimum atomic E-state index is -3.79. The third-order valence-corrected chi connectivity index (χ3v) is 7.18. The van der Waals surface area contributed by atoms with Crippen LogP contribution in [0.4, 0.5) is 4.79 Å². The van der Waals surface area contributed by atoms with Crippen LogP contribution in [0.2, 0.25) is 0 Å². The van der Waals surface area contributed by atoms with Gasteiger partial charge in [0, 0.05) is 19.1 Å². The van der Waals surface area contributed by atoms with E-state index in [-0.39, 0.29) is 30.6 Å². The minimum Gasteiger partial charge on any atom is -0.449 e. The Morgan fingerprint density at radius 2 is 1.49 bits per heavy atom. The zero-order chi connectivity index (χ0) is 24.7. The number of nitrogens with one attached hydrogen (secondary N) is 1. The first kappa shape index (κ1) is 24.9. The lowest BCUT2D eigenvalue weighted by Crippen LogP contribution is -2.27. The Morgan fingerprint density at radius 3 is 2.14 bits per heavy atom. The quantitative estimate of drug-likeness (QED) is 0.308. The van der Waals surface area contributed by atoms with Crippen molar-refractivity contribution in [2.75, 3.05) is 33.0 Å². The van der Waals surface area contributed by atoms with Crippen LogP contribution in [0, 0.1) is 6.92 Å². The first-order valence-corrected chi connectivity index (χ1v) is 13.0. The molecule has 1 N–H and O–H groups in total. The minimum absolute atomic E-state index is 0.0210. The molecular weight excluding hydrogens is 466 g/mol. The van der Waals surface area contributed by atoms with Crippen molar-refractivity contribution in [3.8, 4) is 11.1 Å². The highest BCUT2D eigenvalue weighted by atomic mass is 32.2. The molecule has 0 heterocycles. The highest BCUT2D eigenvalue weighted by molar-refractivity contribution is 7.86. The predicted octanol–water partition coefficient (Wildman–Crippen LogP) is 4.65. The van der Waals surface area contributed by atoms with E-state index in [1.165, 1.54) is 34.4 Å². The Bertz CT molecular complexity index is 1210. The number of ether oxygens (including phenoxy) is 2. The average molecular weight is 496 g/mol. The van der Waals surface area contributed by atoms with Crippen molar-refractivity contribution in [2.24, 2.45) is 0 Å². The first-order chi connectivity index (χ1) is 17.0. The monoisotopic (exact) mass is 495 g/mol. The fraction of sp³-hybridized carbons (Fsp3) is 0.296. The van der Waals surface area contributed by atoms with Crippen molar-refractivity contribution in [1.82, 2.24) is 5.32 Å². The van der Waals surface area contributed by atoms with Crippen LogP contribution < -0.4 is 5.32 Å². The number of hydrogen-bond acceptors (Lipinski definition) is 6. The van der Waals surface area contributed by atoms with Gasteiger partial charge in [-0.25, -0.2) is 4.79 Å². The smallest absolute Gasteiger partial charge is 0.407 e. The summed E-state index contributed by atoms with van der Waals surface area (Å²) in [5.74, 6) is 0.0210. The molecular formula is C27H29NO6S. The molecule has 3 aromatic rings. The van der Waals surface area contributed by atoms with E-state index in [1.807, 2.05) is 31.2 Å². The van der Waals surface area contributed by atoms with Gasteiger partial charge in [0.15, 0.2) is 0 Å². The van der Waals surface area contributed by atoms with E-state index < -0.39 is 16.2 Å². The number of fused-ring (bicyclic) bond motifs is 3. The summed E-state index contributed by atoms with van der Waals surface area (Å²) < 4.78 is 40.1. The maximum atomic E-state index is 12.2. The zero-order valence-corrected chi connectivity index (χ0v) is 20.4. The van der Waals surface area contributed by atoms with Gasteiger partial charge in [0.25, 0.3) is 10.1 Å². The summed E-state index contributed by atoms with van der Waals surface area (Å²) in [6.45, 7) is 2.96. The highest BCUT2D eigenvalue weighted by Crippen LogP contribution is 2.44. The predicted molar refractivity (Wildman–Crippen MR) is 133 cm³/mol. The molecule has 35 heavy (non-hydrogen) atoms. The number of carbonyl (C=O) groups excluding carboxylic acids is 1. The first-order valence-electron chi connectivity index (χ1n) is 11.6. The molecule has 0 unspecified atom stereocenters. The van der Waals surface area contributed by atoms with E-state index in [0.717, 1.165) is 5.56 Å². The van der Waals surface area contributed by atoms with Crippen molar-refractivity contribution in [3.63, 3.8) is 0 Å². The molecule has 0 radical (unpaired) electrons. The van der Waals surface area contributed by atoms with Crippen LogP contribution in [-0.2, 0) is 23.8 Å². The summed E-state index contributed by atoms with van der Waals surface area (Å²) in [6.07, 6.45) is 0.0916. The number of alkyl carbamates (subject to hydrolysis) is 1. The molecule has 7 nitrogen and oxygen atoms in total. The second kappa shape index (κ2) is 11.5. The summed E-state index contributed by atoms with van der Waals surface area (Å²) in [4.78, 5) is 12.3. The molecule has 0 bridgehead atoms. The van der Waals surface area contributed by atoms with Gasteiger partial charge >= 0.3 is 6.09 Å². The van der Waals surface area contributed by atoms with Gasteiger partial charge in [-0.3, -0.25) is 4.18 Å². The third-order valence-electron chi connectivity index (χ3n) is 5.85. The van der Waals surface area contributed by atoms with E-state index in [0.29, 0.717) is 19.6 Å². The fourth-order valence-electron chi connectivity index (χ4n) is 4.09. The normalized spacial score (nSPS) is 12.7. The van der Waals surface area contributed by atoms with Gasteiger partial charge in [-0.05, 0) is 47.7 Å². The Balaban J connectivity index is 1.11. The molecule has 3 aromatic carbocycles. The van der Waals surface area contributed by atoms with Crippen molar-refractivity contribution in [1.29, 1.82) is 0 Å². The molecule has 1 aliphatic carbocycles. The van der Waals surface area contributed by atoms with Gasteiger partial charge < -0.3 is 14.8 Å². The average Bonchev–Trinajstić information content (AvgIpc) is 3.18.